The van der Waals surface area contributed by atoms with Crippen LogP contribution in [0.15, 0.2) is 48.6 Å². The third kappa shape index (κ3) is 29.8. The molecule has 0 aliphatic rings. The minimum Gasteiger partial charge on any atom is -0.394 e. The first kappa shape index (κ1) is 40.4. The number of hydrogen-bond acceptors (Lipinski definition) is 3. The van der Waals surface area contributed by atoms with Crippen molar-refractivity contribution in [3.05, 3.63) is 48.6 Å². The highest BCUT2D eigenvalue weighted by molar-refractivity contribution is 5.76. The molecular weight excluding hydrogens is 518 g/mol. The molecule has 3 N–H and O–H groups in total. The lowest BCUT2D eigenvalue weighted by Crippen LogP contribution is -2.45. The van der Waals surface area contributed by atoms with Crippen LogP contribution in [0.4, 0.5) is 0 Å². The number of carbonyl (C=O) groups excluding carboxylic acids is 1. The number of unbranched alkanes of at least 4 members (excludes halogenated alkanes) is 16. The van der Waals surface area contributed by atoms with Crippen molar-refractivity contribution in [3.63, 3.8) is 0 Å². The number of aliphatic hydroxyl groups is 2. The molecule has 0 spiro atoms. The highest BCUT2D eigenvalue weighted by atomic mass is 16.3. The highest BCUT2D eigenvalue weighted by Gasteiger charge is 2.19. The van der Waals surface area contributed by atoms with Gasteiger partial charge in [0.05, 0.1) is 18.8 Å². The summed E-state index contributed by atoms with van der Waals surface area (Å²) in [6.45, 7) is 4.29. The first-order valence-electron chi connectivity index (χ1n) is 17.8. The van der Waals surface area contributed by atoms with Gasteiger partial charge in [-0.2, -0.15) is 0 Å². The van der Waals surface area contributed by atoms with E-state index in [0.29, 0.717) is 12.8 Å². The summed E-state index contributed by atoms with van der Waals surface area (Å²) in [5.74, 6) is -0.0899. The van der Waals surface area contributed by atoms with Gasteiger partial charge < -0.3 is 15.5 Å². The zero-order valence-electron chi connectivity index (χ0n) is 27.8. The highest BCUT2D eigenvalue weighted by Crippen LogP contribution is 2.13. The van der Waals surface area contributed by atoms with Crippen LogP contribution in [0.1, 0.15) is 168 Å². The molecule has 42 heavy (non-hydrogen) atoms. The van der Waals surface area contributed by atoms with Crippen molar-refractivity contribution < 1.29 is 15.0 Å². The lowest BCUT2D eigenvalue weighted by Gasteiger charge is -2.22. The van der Waals surface area contributed by atoms with E-state index < -0.39 is 12.1 Å². The predicted molar refractivity (Wildman–Crippen MR) is 184 cm³/mol. The van der Waals surface area contributed by atoms with Gasteiger partial charge in [0.2, 0.25) is 5.91 Å². The van der Waals surface area contributed by atoms with Crippen molar-refractivity contribution in [2.75, 3.05) is 6.61 Å². The summed E-state index contributed by atoms with van der Waals surface area (Å²) in [5, 5.41) is 22.9. The van der Waals surface area contributed by atoms with Gasteiger partial charge in [-0.3, -0.25) is 4.79 Å². The Balaban J connectivity index is 3.71. The van der Waals surface area contributed by atoms with Gasteiger partial charge in [0.15, 0.2) is 0 Å². The molecule has 244 valence electrons. The van der Waals surface area contributed by atoms with Crippen LogP contribution >= 0.6 is 0 Å². The second kappa shape index (κ2) is 33.8. The number of rotatable bonds is 31. The first-order chi connectivity index (χ1) is 20.7. The molecule has 0 fully saturated rings. The zero-order chi connectivity index (χ0) is 30.8. The van der Waals surface area contributed by atoms with E-state index in [-0.39, 0.29) is 12.5 Å². The second-order valence-corrected chi connectivity index (χ2v) is 11.9. The van der Waals surface area contributed by atoms with Crippen LogP contribution in [0, 0.1) is 0 Å². The molecule has 0 unspecified atom stereocenters. The summed E-state index contributed by atoms with van der Waals surface area (Å²) in [7, 11) is 0. The average Bonchev–Trinajstić information content (AvgIpc) is 2.99. The quantitative estimate of drug-likeness (QED) is 0.0558. The van der Waals surface area contributed by atoms with Crippen LogP contribution in [-0.4, -0.2) is 34.9 Å². The van der Waals surface area contributed by atoms with Gasteiger partial charge in [-0.25, -0.2) is 0 Å². The number of allylic oxidation sites excluding steroid dienone is 8. The molecule has 1 amide bonds. The maximum atomic E-state index is 12.3. The van der Waals surface area contributed by atoms with Crippen molar-refractivity contribution in [2.24, 2.45) is 0 Å². The fourth-order valence-electron chi connectivity index (χ4n) is 5.06. The average molecular weight is 588 g/mol. The Kier molecular flexibility index (Phi) is 32.5. The molecule has 0 rings (SSSR count). The Bertz CT molecular complexity index is 682. The van der Waals surface area contributed by atoms with Gasteiger partial charge >= 0.3 is 0 Å². The molecule has 0 bridgehead atoms. The minimum atomic E-state index is -0.679. The maximum absolute atomic E-state index is 12.3. The van der Waals surface area contributed by atoms with Crippen LogP contribution in [0.5, 0.6) is 0 Å². The molecule has 0 aromatic rings. The van der Waals surface area contributed by atoms with Crippen LogP contribution < -0.4 is 5.32 Å². The summed E-state index contributed by atoms with van der Waals surface area (Å²) in [6, 6.07) is -0.563. The van der Waals surface area contributed by atoms with E-state index in [9.17, 15) is 15.0 Å². The van der Waals surface area contributed by atoms with Gasteiger partial charge in [0.25, 0.3) is 0 Å². The second-order valence-electron chi connectivity index (χ2n) is 11.9. The zero-order valence-corrected chi connectivity index (χ0v) is 27.8. The van der Waals surface area contributed by atoms with E-state index in [0.717, 1.165) is 44.9 Å². The minimum absolute atomic E-state index is 0.0899. The Morgan fingerprint density at radius 3 is 1.45 bits per heavy atom. The number of amides is 1. The van der Waals surface area contributed by atoms with E-state index >= 15 is 0 Å². The first-order valence-corrected chi connectivity index (χ1v) is 17.8. The Labute approximate surface area is 261 Å². The van der Waals surface area contributed by atoms with Crippen molar-refractivity contribution >= 4 is 5.91 Å². The van der Waals surface area contributed by atoms with E-state index in [1.807, 2.05) is 0 Å². The van der Waals surface area contributed by atoms with Gasteiger partial charge in [-0.15, -0.1) is 0 Å². The monoisotopic (exact) mass is 588 g/mol. The molecule has 0 aliphatic heterocycles. The lowest BCUT2D eigenvalue weighted by molar-refractivity contribution is -0.123. The summed E-state index contributed by atoms with van der Waals surface area (Å²) < 4.78 is 0. The number of nitrogens with one attached hydrogen (secondary N) is 1. The number of aliphatic hydroxyl groups excluding tert-OH is 2. The molecule has 0 saturated heterocycles. The Morgan fingerprint density at radius 2 is 0.976 bits per heavy atom. The van der Waals surface area contributed by atoms with Crippen molar-refractivity contribution in [3.8, 4) is 0 Å². The molecule has 0 saturated carbocycles. The largest absolute Gasteiger partial charge is 0.394 e. The summed E-state index contributed by atoms with van der Waals surface area (Å²) in [5.41, 5.74) is 0. The number of carbonyl (C=O) groups is 1. The molecule has 0 heterocycles. The Hall–Kier alpha value is -1.65. The van der Waals surface area contributed by atoms with Gasteiger partial charge in [-0.1, -0.05) is 159 Å². The van der Waals surface area contributed by atoms with Crippen LogP contribution in [0.25, 0.3) is 0 Å². The van der Waals surface area contributed by atoms with E-state index in [4.69, 9.17) is 0 Å². The van der Waals surface area contributed by atoms with Gasteiger partial charge in [0.1, 0.15) is 0 Å². The molecular formula is C38H69NO3. The fraction of sp³-hybridized carbons (Fsp3) is 0.763. The molecule has 0 radical (unpaired) electrons. The standard InChI is InChI=1S/C38H69NO3/c1-3-5-7-9-11-13-14-15-16-17-18-19-20-21-22-23-24-26-28-30-32-34-38(42)39-36(35-40)37(41)33-31-29-27-25-12-10-8-6-4-2/h16-17,19-20,22-23,26,28,36-37,40-41H,3-15,18,21,24-25,27,29-35H2,1-2H3,(H,39,42)/b17-16+,20-19+,23-22+,28-26+/t36-,37+/m0/s1. The maximum Gasteiger partial charge on any atom is 0.220 e. The third-order valence-electron chi connectivity index (χ3n) is 7.84. The van der Waals surface area contributed by atoms with Crippen molar-refractivity contribution in [2.45, 2.75) is 180 Å². The SMILES string of the molecule is CCCCCCCCC/C=C/C/C=C/C/C=C/C/C=C/CCCC(=O)N[C@@H](CO)[C@H](O)CCCCCCCCCCC. The summed E-state index contributed by atoms with van der Waals surface area (Å²) in [4.78, 5) is 12.3. The normalized spacial score (nSPS) is 13.7. The van der Waals surface area contributed by atoms with E-state index in [1.54, 1.807) is 0 Å². The third-order valence-corrected chi connectivity index (χ3v) is 7.84. The van der Waals surface area contributed by atoms with Gasteiger partial charge in [0, 0.05) is 6.42 Å². The van der Waals surface area contributed by atoms with Crippen molar-refractivity contribution in [1.82, 2.24) is 5.32 Å². The molecule has 4 heteroatoms. The molecule has 0 aromatic carbocycles. The van der Waals surface area contributed by atoms with E-state index in [1.165, 1.54) is 96.3 Å². The Morgan fingerprint density at radius 1 is 0.571 bits per heavy atom. The molecule has 4 nitrogen and oxygen atoms in total. The van der Waals surface area contributed by atoms with E-state index in [2.05, 4.69) is 67.8 Å². The van der Waals surface area contributed by atoms with Crippen LogP contribution in [-0.2, 0) is 4.79 Å². The number of hydrogen-bond donors (Lipinski definition) is 3. The predicted octanol–water partition coefficient (Wildman–Crippen LogP) is 10.5. The fourth-order valence-corrected chi connectivity index (χ4v) is 5.06. The summed E-state index contributed by atoms with van der Waals surface area (Å²) in [6.07, 6.45) is 44.6. The van der Waals surface area contributed by atoms with Crippen LogP contribution in [0.2, 0.25) is 0 Å². The van der Waals surface area contributed by atoms with Crippen LogP contribution in [0.3, 0.4) is 0 Å². The molecule has 0 aliphatic carbocycles. The molecule has 2 atom stereocenters. The smallest absolute Gasteiger partial charge is 0.220 e. The molecule has 0 aromatic heterocycles. The van der Waals surface area contributed by atoms with Gasteiger partial charge in [-0.05, 0) is 51.4 Å². The van der Waals surface area contributed by atoms with Crippen molar-refractivity contribution in [1.29, 1.82) is 0 Å². The summed E-state index contributed by atoms with van der Waals surface area (Å²) >= 11 is 0. The lowest BCUT2D eigenvalue weighted by atomic mass is 10.0. The topological polar surface area (TPSA) is 69.6 Å².